The quantitative estimate of drug-likeness (QED) is 0.693. The Labute approximate surface area is 106 Å². The molecule has 0 fully saturated rings. The fraction of sp³-hybridized carbons (Fsp3) is 0.273. The fourth-order valence-corrected chi connectivity index (χ4v) is 2.04. The Hall–Kier alpha value is -0.870. The van der Waals surface area contributed by atoms with Crippen LogP contribution in [0.15, 0.2) is 22.9 Å². The summed E-state index contributed by atoms with van der Waals surface area (Å²) in [5.74, 6) is 0.613. The van der Waals surface area contributed by atoms with Gasteiger partial charge in [0.2, 0.25) is 0 Å². The van der Waals surface area contributed by atoms with Gasteiger partial charge in [-0.3, -0.25) is 4.79 Å². The van der Waals surface area contributed by atoms with Gasteiger partial charge in [0, 0.05) is 40.1 Å². The Morgan fingerprint density at radius 3 is 3.12 bits per heavy atom. The maximum absolute atomic E-state index is 11.9. The molecule has 2 aromatic rings. The first-order valence-corrected chi connectivity index (χ1v) is 6.27. The van der Waals surface area contributed by atoms with E-state index in [1.807, 2.05) is 6.07 Å². The number of alkyl halides is 1. The predicted octanol–water partition coefficient (Wildman–Crippen LogP) is 3.53. The lowest BCUT2D eigenvalue weighted by Gasteiger charge is -1.97. The van der Waals surface area contributed by atoms with Crippen LogP contribution in [0.5, 0.6) is 0 Å². The lowest BCUT2D eigenvalue weighted by atomic mass is 10.1. The number of fused-ring (bicyclic) bond motifs is 1. The SMILES string of the molecule is O=C(CCCCl)c1c[nH]c2ncc(Br)cc12. The van der Waals surface area contributed by atoms with Gasteiger partial charge in [-0.15, -0.1) is 11.6 Å². The molecule has 0 aliphatic heterocycles. The zero-order chi connectivity index (χ0) is 11.5. The largest absolute Gasteiger partial charge is 0.345 e. The van der Waals surface area contributed by atoms with Crippen LogP contribution in [0.1, 0.15) is 23.2 Å². The van der Waals surface area contributed by atoms with E-state index in [1.54, 1.807) is 12.4 Å². The number of carbonyl (C=O) groups excluding carboxylic acids is 1. The number of H-pyrrole nitrogens is 1. The number of Topliss-reactive ketones (excluding diaryl/α,β-unsaturated/α-hetero) is 1. The summed E-state index contributed by atoms with van der Waals surface area (Å²) in [6, 6.07) is 1.90. The van der Waals surface area contributed by atoms with Crippen molar-refractivity contribution in [3.05, 3.63) is 28.5 Å². The van der Waals surface area contributed by atoms with Crippen LogP contribution in [0.25, 0.3) is 11.0 Å². The van der Waals surface area contributed by atoms with E-state index in [-0.39, 0.29) is 5.78 Å². The first-order chi connectivity index (χ1) is 7.72. The van der Waals surface area contributed by atoms with Crippen LogP contribution in [0.2, 0.25) is 0 Å². The minimum atomic E-state index is 0.104. The lowest BCUT2D eigenvalue weighted by molar-refractivity contribution is 0.0983. The Bertz CT molecular complexity index is 524. The van der Waals surface area contributed by atoms with E-state index in [2.05, 4.69) is 25.9 Å². The second-order valence-corrected chi connectivity index (χ2v) is 4.76. The van der Waals surface area contributed by atoms with Gasteiger partial charge in [0.25, 0.3) is 0 Å². The zero-order valence-electron chi connectivity index (χ0n) is 8.46. The van der Waals surface area contributed by atoms with Crippen LogP contribution in [0.3, 0.4) is 0 Å². The van der Waals surface area contributed by atoms with E-state index in [0.717, 1.165) is 15.5 Å². The summed E-state index contributed by atoms with van der Waals surface area (Å²) >= 11 is 8.91. The molecule has 0 saturated heterocycles. The summed E-state index contributed by atoms with van der Waals surface area (Å²) < 4.78 is 0.867. The summed E-state index contributed by atoms with van der Waals surface area (Å²) in [5.41, 5.74) is 1.42. The molecule has 0 aliphatic rings. The average molecular weight is 302 g/mol. The molecule has 2 aromatic heterocycles. The maximum Gasteiger partial charge on any atom is 0.165 e. The number of nitrogens with zero attached hydrogens (tertiary/aromatic N) is 1. The monoisotopic (exact) mass is 300 g/mol. The standard InChI is InChI=1S/C11H10BrClN2O/c12-7-4-8-9(10(16)2-1-3-13)6-15-11(8)14-5-7/h4-6H,1-3H2,(H,14,15). The molecule has 0 saturated carbocycles. The number of ketones is 1. The number of nitrogens with one attached hydrogen (secondary N) is 1. The molecule has 0 amide bonds. The van der Waals surface area contributed by atoms with Crippen LogP contribution < -0.4 is 0 Å². The van der Waals surface area contributed by atoms with E-state index < -0.39 is 0 Å². The Kier molecular flexibility index (Phi) is 3.61. The minimum absolute atomic E-state index is 0.104. The van der Waals surface area contributed by atoms with Gasteiger partial charge in [-0.1, -0.05) is 0 Å². The number of aromatic amines is 1. The van der Waals surface area contributed by atoms with Crippen molar-refractivity contribution in [1.29, 1.82) is 0 Å². The highest BCUT2D eigenvalue weighted by molar-refractivity contribution is 9.10. The highest BCUT2D eigenvalue weighted by Crippen LogP contribution is 2.22. The highest BCUT2D eigenvalue weighted by Gasteiger charge is 2.12. The van der Waals surface area contributed by atoms with Gasteiger partial charge in [-0.25, -0.2) is 4.98 Å². The lowest BCUT2D eigenvalue weighted by Crippen LogP contribution is -1.98. The molecule has 2 heterocycles. The molecule has 0 aromatic carbocycles. The minimum Gasteiger partial charge on any atom is -0.345 e. The number of hydrogen-bond acceptors (Lipinski definition) is 2. The molecular formula is C11H10BrClN2O. The van der Waals surface area contributed by atoms with E-state index in [0.29, 0.717) is 24.3 Å². The zero-order valence-corrected chi connectivity index (χ0v) is 10.8. The van der Waals surface area contributed by atoms with Crippen LogP contribution in [-0.2, 0) is 0 Å². The van der Waals surface area contributed by atoms with E-state index >= 15 is 0 Å². The molecule has 1 N–H and O–H groups in total. The van der Waals surface area contributed by atoms with Gasteiger partial charge >= 0.3 is 0 Å². The molecule has 0 aliphatic carbocycles. The van der Waals surface area contributed by atoms with Crippen LogP contribution in [0, 0.1) is 0 Å². The third kappa shape index (κ3) is 2.28. The van der Waals surface area contributed by atoms with Crippen LogP contribution in [-0.4, -0.2) is 21.6 Å². The van der Waals surface area contributed by atoms with Crippen molar-refractivity contribution in [1.82, 2.24) is 9.97 Å². The van der Waals surface area contributed by atoms with Gasteiger partial charge in [0.1, 0.15) is 5.65 Å². The smallest absolute Gasteiger partial charge is 0.165 e. The van der Waals surface area contributed by atoms with Gasteiger partial charge in [0.05, 0.1) is 0 Å². The summed E-state index contributed by atoms with van der Waals surface area (Å²) in [6.45, 7) is 0. The summed E-state index contributed by atoms with van der Waals surface area (Å²) in [7, 11) is 0. The van der Waals surface area contributed by atoms with Crippen molar-refractivity contribution < 1.29 is 4.79 Å². The van der Waals surface area contributed by atoms with Gasteiger partial charge < -0.3 is 4.98 Å². The first-order valence-electron chi connectivity index (χ1n) is 4.94. The predicted molar refractivity (Wildman–Crippen MR) is 68.1 cm³/mol. The second-order valence-electron chi connectivity index (χ2n) is 3.47. The second kappa shape index (κ2) is 4.97. The summed E-state index contributed by atoms with van der Waals surface area (Å²) in [6.07, 6.45) is 4.59. The number of hydrogen-bond donors (Lipinski definition) is 1. The van der Waals surface area contributed by atoms with Crippen molar-refractivity contribution >= 4 is 44.3 Å². The molecule has 0 unspecified atom stereocenters. The van der Waals surface area contributed by atoms with Crippen molar-refractivity contribution in [2.75, 3.05) is 5.88 Å². The summed E-state index contributed by atoms with van der Waals surface area (Å²) in [4.78, 5) is 19.0. The molecule has 0 bridgehead atoms. The first kappa shape index (κ1) is 11.6. The number of rotatable bonds is 4. The molecule has 0 spiro atoms. The van der Waals surface area contributed by atoms with E-state index in [4.69, 9.17) is 11.6 Å². The highest BCUT2D eigenvalue weighted by atomic mass is 79.9. The Balaban J connectivity index is 2.37. The number of aromatic nitrogens is 2. The third-order valence-electron chi connectivity index (χ3n) is 2.34. The molecule has 0 radical (unpaired) electrons. The van der Waals surface area contributed by atoms with Crippen LogP contribution in [0.4, 0.5) is 0 Å². The average Bonchev–Trinajstić information content (AvgIpc) is 2.68. The molecule has 16 heavy (non-hydrogen) atoms. The fourth-order valence-electron chi connectivity index (χ4n) is 1.57. The molecular weight excluding hydrogens is 291 g/mol. The van der Waals surface area contributed by atoms with Gasteiger partial charge in [-0.2, -0.15) is 0 Å². The molecule has 0 atom stereocenters. The van der Waals surface area contributed by atoms with Crippen molar-refractivity contribution in [3.63, 3.8) is 0 Å². The van der Waals surface area contributed by atoms with Gasteiger partial charge in [-0.05, 0) is 28.4 Å². The summed E-state index contributed by atoms with van der Waals surface area (Å²) in [5, 5.41) is 0.856. The van der Waals surface area contributed by atoms with Crippen molar-refractivity contribution in [2.24, 2.45) is 0 Å². The molecule has 5 heteroatoms. The van der Waals surface area contributed by atoms with Crippen molar-refractivity contribution in [2.45, 2.75) is 12.8 Å². The van der Waals surface area contributed by atoms with E-state index in [1.165, 1.54) is 0 Å². The third-order valence-corrected chi connectivity index (χ3v) is 3.04. The van der Waals surface area contributed by atoms with E-state index in [9.17, 15) is 4.79 Å². The normalized spacial score (nSPS) is 10.9. The molecule has 3 nitrogen and oxygen atoms in total. The number of pyridine rings is 1. The number of halogens is 2. The number of carbonyl (C=O) groups is 1. The molecule has 84 valence electrons. The van der Waals surface area contributed by atoms with Crippen LogP contribution >= 0.6 is 27.5 Å². The Morgan fingerprint density at radius 2 is 2.38 bits per heavy atom. The van der Waals surface area contributed by atoms with Gasteiger partial charge in [0.15, 0.2) is 5.78 Å². The maximum atomic E-state index is 11.9. The van der Waals surface area contributed by atoms with Crippen molar-refractivity contribution in [3.8, 4) is 0 Å². The topological polar surface area (TPSA) is 45.8 Å². The molecule has 2 rings (SSSR count). The Morgan fingerprint density at radius 1 is 1.56 bits per heavy atom.